The zero-order chi connectivity index (χ0) is 22.3. The number of thioether (sulfide) groups is 1. The van der Waals surface area contributed by atoms with E-state index in [9.17, 15) is 9.18 Å². The van der Waals surface area contributed by atoms with E-state index in [0.717, 1.165) is 22.8 Å². The van der Waals surface area contributed by atoms with Crippen molar-refractivity contribution in [3.05, 3.63) is 102 Å². The molecule has 0 aliphatic heterocycles. The van der Waals surface area contributed by atoms with Gasteiger partial charge >= 0.3 is 0 Å². The molecule has 0 fully saturated rings. The van der Waals surface area contributed by atoms with Crippen molar-refractivity contribution >= 4 is 17.7 Å². The zero-order valence-electron chi connectivity index (χ0n) is 17.4. The molecule has 8 heteroatoms. The van der Waals surface area contributed by atoms with Crippen LogP contribution in [0.3, 0.4) is 0 Å². The van der Waals surface area contributed by atoms with Crippen molar-refractivity contribution < 1.29 is 13.9 Å². The second kappa shape index (κ2) is 10.1. The van der Waals surface area contributed by atoms with Crippen molar-refractivity contribution in [2.24, 2.45) is 0 Å². The number of hydrogen-bond acceptors (Lipinski definition) is 5. The van der Waals surface area contributed by atoms with Crippen LogP contribution in [0.25, 0.3) is 5.69 Å². The molecular weight excluding hydrogens is 427 g/mol. The molecule has 1 N–H and O–H groups in total. The third kappa shape index (κ3) is 4.97. The normalized spacial score (nSPS) is 10.7. The zero-order valence-corrected chi connectivity index (χ0v) is 18.2. The van der Waals surface area contributed by atoms with Crippen LogP contribution in [-0.2, 0) is 12.3 Å². The van der Waals surface area contributed by atoms with Gasteiger partial charge in [0.2, 0.25) is 0 Å². The highest BCUT2D eigenvalue weighted by molar-refractivity contribution is 7.98. The number of nitrogens with zero attached hydrogens (tertiary/aromatic N) is 3. The summed E-state index contributed by atoms with van der Waals surface area (Å²) in [7, 11) is 1.61. The maximum atomic E-state index is 13.9. The molecule has 4 rings (SSSR count). The summed E-state index contributed by atoms with van der Waals surface area (Å²) in [5.74, 6) is 0.910. The lowest BCUT2D eigenvalue weighted by Gasteiger charge is -2.12. The van der Waals surface area contributed by atoms with Crippen LogP contribution in [-0.4, -0.2) is 27.8 Å². The smallest absolute Gasteiger partial charge is 0.254 e. The van der Waals surface area contributed by atoms with E-state index < -0.39 is 11.7 Å². The number of methoxy groups -OCH3 is 1. The molecule has 0 unspecified atom stereocenters. The minimum absolute atomic E-state index is 0.0123. The van der Waals surface area contributed by atoms with Gasteiger partial charge in [-0.2, -0.15) is 0 Å². The van der Waals surface area contributed by atoms with Crippen LogP contribution in [0.15, 0.2) is 84.0 Å². The Hall–Kier alpha value is -3.65. The summed E-state index contributed by atoms with van der Waals surface area (Å²) < 4.78 is 21.1. The number of ether oxygens (including phenoxy) is 1. The van der Waals surface area contributed by atoms with Gasteiger partial charge in [-0.25, -0.2) is 4.39 Å². The van der Waals surface area contributed by atoms with E-state index in [1.54, 1.807) is 31.0 Å². The average Bonchev–Trinajstić information content (AvgIpc) is 3.25. The first kappa shape index (κ1) is 21.6. The van der Waals surface area contributed by atoms with E-state index in [-0.39, 0.29) is 12.1 Å². The van der Waals surface area contributed by atoms with Crippen LogP contribution in [0.2, 0.25) is 0 Å². The Morgan fingerprint density at radius 3 is 2.44 bits per heavy atom. The van der Waals surface area contributed by atoms with Crippen LogP contribution in [0.1, 0.15) is 21.7 Å². The van der Waals surface area contributed by atoms with Crippen molar-refractivity contribution in [2.45, 2.75) is 17.5 Å². The maximum absolute atomic E-state index is 13.9. The van der Waals surface area contributed by atoms with E-state index >= 15 is 0 Å². The molecule has 1 aromatic heterocycles. The molecule has 162 valence electrons. The number of halogens is 1. The molecule has 0 radical (unpaired) electrons. The Kier molecular flexibility index (Phi) is 6.81. The Balaban J connectivity index is 1.58. The Bertz CT molecular complexity index is 1200. The summed E-state index contributed by atoms with van der Waals surface area (Å²) in [4.78, 5) is 12.5. The van der Waals surface area contributed by atoms with Crippen LogP contribution >= 0.6 is 11.8 Å². The van der Waals surface area contributed by atoms with Gasteiger partial charge in [-0.1, -0.05) is 54.2 Å². The summed E-state index contributed by atoms with van der Waals surface area (Å²) >= 11 is 1.54. The van der Waals surface area contributed by atoms with Crippen molar-refractivity contribution in [2.75, 3.05) is 7.11 Å². The highest BCUT2D eigenvalue weighted by Crippen LogP contribution is 2.26. The molecular formula is C24H21FN4O2S. The van der Waals surface area contributed by atoms with Crippen molar-refractivity contribution in [1.82, 2.24) is 20.1 Å². The second-order valence-corrected chi connectivity index (χ2v) is 7.81. The predicted octanol–water partition coefficient (Wildman–Crippen LogP) is 4.64. The van der Waals surface area contributed by atoms with Gasteiger partial charge in [-0.05, 0) is 42.0 Å². The summed E-state index contributed by atoms with van der Waals surface area (Å²) in [6.07, 6.45) is 0. The average molecular weight is 449 g/mol. The first-order chi connectivity index (χ1) is 15.7. The van der Waals surface area contributed by atoms with Gasteiger partial charge in [-0.15, -0.1) is 10.2 Å². The fraction of sp³-hybridized carbons (Fsp3) is 0.125. The van der Waals surface area contributed by atoms with Gasteiger partial charge in [0.05, 0.1) is 19.2 Å². The standard InChI is InChI=1S/C24H21FN4O2S/c1-31-19-13-11-18(12-14-19)29-22(15-26-23(30)20-9-5-6-10-21(20)25)27-28-24(29)32-16-17-7-3-2-4-8-17/h2-14H,15-16H2,1H3,(H,26,30). The van der Waals surface area contributed by atoms with Crippen molar-refractivity contribution in [1.29, 1.82) is 0 Å². The van der Waals surface area contributed by atoms with E-state index in [4.69, 9.17) is 4.74 Å². The van der Waals surface area contributed by atoms with Gasteiger partial charge in [0, 0.05) is 11.4 Å². The third-order valence-electron chi connectivity index (χ3n) is 4.77. The van der Waals surface area contributed by atoms with Gasteiger partial charge in [0.1, 0.15) is 11.6 Å². The van der Waals surface area contributed by atoms with E-state index in [2.05, 4.69) is 27.6 Å². The predicted molar refractivity (Wildman–Crippen MR) is 121 cm³/mol. The molecule has 1 heterocycles. The molecule has 0 bridgehead atoms. The molecule has 3 aromatic carbocycles. The molecule has 0 atom stereocenters. The topological polar surface area (TPSA) is 69.0 Å². The first-order valence-electron chi connectivity index (χ1n) is 9.94. The van der Waals surface area contributed by atoms with E-state index in [0.29, 0.717) is 11.0 Å². The monoisotopic (exact) mass is 448 g/mol. The SMILES string of the molecule is COc1ccc(-n2c(CNC(=O)c3ccccc3F)nnc2SCc2ccccc2)cc1. The number of amides is 1. The Labute approximate surface area is 189 Å². The number of carbonyl (C=O) groups is 1. The van der Waals surface area contributed by atoms with Crippen LogP contribution in [0.5, 0.6) is 5.75 Å². The lowest BCUT2D eigenvalue weighted by atomic mass is 10.2. The highest BCUT2D eigenvalue weighted by Gasteiger charge is 2.17. The van der Waals surface area contributed by atoms with Crippen LogP contribution in [0.4, 0.5) is 4.39 Å². The summed E-state index contributed by atoms with van der Waals surface area (Å²) in [6.45, 7) is 0.0953. The molecule has 4 aromatic rings. The lowest BCUT2D eigenvalue weighted by molar-refractivity contribution is 0.0945. The van der Waals surface area contributed by atoms with Gasteiger partial charge < -0.3 is 10.1 Å². The van der Waals surface area contributed by atoms with Gasteiger partial charge in [-0.3, -0.25) is 9.36 Å². The van der Waals surface area contributed by atoms with Crippen LogP contribution in [0, 0.1) is 5.82 Å². The van der Waals surface area contributed by atoms with E-state index in [1.165, 1.54) is 12.1 Å². The fourth-order valence-corrected chi connectivity index (χ4v) is 4.05. The van der Waals surface area contributed by atoms with Crippen molar-refractivity contribution in [3.8, 4) is 11.4 Å². The molecule has 6 nitrogen and oxygen atoms in total. The highest BCUT2D eigenvalue weighted by atomic mass is 32.2. The first-order valence-corrected chi connectivity index (χ1v) is 10.9. The van der Waals surface area contributed by atoms with Gasteiger partial charge in [0.15, 0.2) is 11.0 Å². The molecule has 0 aliphatic carbocycles. The second-order valence-electron chi connectivity index (χ2n) is 6.87. The maximum Gasteiger partial charge on any atom is 0.254 e. The molecule has 0 saturated carbocycles. The summed E-state index contributed by atoms with van der Waals surface area (Å²) in [6, 6.07) is 23.4. The molecule has 0 aliphatic rings. The Morgan fingerprint density at radius 1 is 1.00 bits per heavy atom. The Morgan fingerprint density at radius 2 is 1.72 bits per heavy atom. The van der Waals surface area contributed by atoms with E-state index in [1.807, 2.05) is 47.0 Å². The number of nitrogens with one attached hydrogen (secondary N) is 1. The summed E-state index contributed by atoms with van der Waals surface area (Å²) in [5, 5.41) is 12.1. The molecule has 0 saturated heterocycles. The minimum atomic E-state index is -0.569. The largest absolute Gasteiger partial charge is 0.497 e. The molecule has 32 heavy (non-hydrogen) atoms. The molecule has 0 spiro atoms. The lowest BCUT2D eigenvalue weighted by Crippen LogP contribution is -2.25. The fourth-order valence-electron chi connectivity index (χ4n) is 3.12. The number of benzene rings is 3. The number of rotatable bonds is 8. The molecule has 1 amide bonds. The minimum Gasteiger partial charge on any atom is -0.497 e. The summed E-state index contributed by atoms with van der Waals surface area (Å²) in [5.41, 5.74) is 1.99. The van der Waals surface area contributed by atoms with Gasteiger partial charge in [0.25, 0.3) is 5.91 Å². The number of hydrogen-bond donors (Lipinski definition) is 1. The quantitative estimate of drug-likeness (QED) is 0.398. The van der Waals surface area contributed by atoms with Crippen LogP contribution < -0.4 is 10.1 Å². The number of carbonyl (C=O) groups excluding carboxylic acids is 1. The van der Waals surface area contributed by atoms with Crippen molar-refractivity contribution in [3.63, 3.8) is 0 Å². The third-order valence-corrected chi connectivity index (χ3v) is 5.77. The number of aromatic nitrogens is 3.